The van der Waals surface area contributed by atoms with E-state index in [1.807, 2.05) is 36.7 Å². The maximum atomic E-state index is 12.5. The first-order valence-corrected chi connectivity index (χ1v) is 8.28. The molecule has 26 heavy (non-hydrogen) atoms. The van der Waals surface area contributed by atoms with E-state index < -0.39 is 0 Å². The number of imidazole rings is 1. The molecule has 0 radical (unpaired) electrons. The van der Waals surface area contributed by atoms with Gasteiger partial charge in [-0.25, -0.2) is 9.97 Å². The maximum absolute atomic E-state index is 12.5. The zero-order valence-electron chi connectivity index (χ0n) is 14.5. The molecule has 0 unspecified atom stereocenters. The van der Waals surface area contributed by atoms with Crippen molar-refractivity contribution in [3.63, 3.8) is 0 Å². The van der Waals surface area contributed by atoms with Gasteiger partial charge in [0.05, 0.1) is 41.5 Å². The fourth-order valence-electron chi connectivity index (χ4n) is 2.89. The highest BCUT2D eigenvalue weighted by atomic mass is 16.1. The standard InChI is InChI=1S/C20H17N5O/c1-13-7-14(5-6-22-13)20(26)9-16-8-18-15(10-23-16)3-4-17(24-18)19-11-21-12-25(19)2/h3-8,10-12H,9H2,1-2H3. The van der Waals surface area contributed by atoms with E-state index >= 15 is 0 Å². The van der Waals surface area contributed by atoms with Gasteiger partial charge in [-0.3, -0.25) is 14.8 Å². The molecule has 0 bridgehead atoms. The summed E-state index contributed by atoms with van der Waals surface area (Å²) in [6.45, 7) is 1.87. The first-order chi connectivity index (χ1) is 12.6. The van der Waals surface area contributed by atoms with Gasteiger partial charge in [0.2, 0.25) is 0 Å². The van der Waals surface area contributed by atoms with E-state index in [4.69, 9.17) is 4.98 Å². The van der Waals surface area contributed by atoms with Crippen LogP contribution in [0.5, 0.6) is 0 Å². The Morgan fingerprint density at radius 3 is 2.77 bits per heavy atom. The third kappa shape index (κ3) is 3.09. The maximum Gasteiger partial charge on any atom is 0.168 e. The Labute approximate surface area is 150 Å². The lowest BCUT2D eigenvalue weighted by Gasteiger charge is -2.06. The summed E-state index contributed by atoms with van der Waals surface area (Å²) >= 11 is 0. The van der Waals surface area contributed by atoms with Crippen LogP contribution in [0.3, 0.4) is 0 Å². The van der Waals surface area contributed by atoms with Gasteiger partial charge >= 0.3 is 0 Å². The Kier molecular flexibility index (Phi) is 4.01. The van der Waals surface area contributed by atoms with Crippen molar-refractivity contribution < 1.29 is 4.79 Å². The Morgan fingerprint density at radius 1 is 1.12 bits per heavy atom. The van der Waals surface area contributed by atoms with Crippen molar-refractivity contribution in [3.05, 3.63) is 72.2 Å². The van der Waals surface area contributed by atoms with Crippen LogP contribution in [0.1, 0.15) is 21.7 Å². The molecule has 0 atom stereocenters. The van der Waals surface area contributed by atoms with Crippen molar-refractivity contribution in [1.29, 1.82) is 0 Å². The van der Waals surface area contributed by atoms with Crippen LogP contribution in [0.2, 0.25) is 0 Å². The van der Waals surface area contributed by atoms with Gasteiger partial charge in [0.1, 0.15) is 0 Å². The van der Waals surface area contributed by atoms with E-state index in [9.17, 15) is 4.79 Å². The van der Waals surface area contributed by atoms with Crippen LogP contribution in [0.25, 0.3) is 22.3 Å². The molecule has 4 rings (SSSR count). The van der Waals surface area contributed by atoms with Gasteiger partial charge < -0.3 is 4.57 Å². The monoisotopic (exact) mass is 343 g/mol. The lowest BCUT2D eigenvalue weighted by Crippen LogP contribution is -2.06. The second-order valence-corrected chi connectivity index (χ2v) is 6.24. The Balaban J connectivity index is 1.66. The second-order valence-electron chi connectivity index (χ2n) is 6.24. The predicted molar refractivity (Wildman–Crippen MR) is 98.7 cm³/mol. The molecule has 128 valence electrons. The summed E-state index contributed by atoms with van der Waals surface area (Å²) in [5, 5.41) is 0.937. The van der Waals surface area contributed by atoms with Crippen LogP contribution < -0.4 is 0 Å². The molecule has 0 fully saturated rings. The van der Waals surface area contributed by atoms with E-state index in [1.54, 1.807) is 37.1 Å². The first kappa shape index (κ1) is 16.1. The second kappa shape index (κ2) is 6.48. The summed E-state index contributed by atoms with van der Waals surface area (Å²) in [4.78, 5) is 29.9. The largest absolute Gasteiger partial charge is 0.332 e. The topological polar surface area (TPSA) is 73.6 Å². The molecule has 4 aromatic heterocycles. The minimum Gasteiger partial charge on any atom is -0.332 e. The van der Waals surface area contributed by atoms with Crippen molar-refractivity contribution >= 4 is 16.7 Å². The lowest BCUT2D eigenvalue weighted by atomic mass is 10.1. The zero-order valence-corrected chi connectivity index (χ0v) is 14.5. The van der Waals surface area contributed by atoms with Gasteiger partial charge in [-0.15, -0.1) is 0 Å². The number of aromatic nitrogens is 5. The molecule has 0 saturated carbocycles. The highest BCUT2D eigenvalue weighted by Gasteiger charge is 2.11. The van der Waals surface area contributed by atoms with Crippen molar-refractivity contribution in [2.75, 3.05) is 0 Å². The smallest absolute Gasteiger partial charge is 0.168 e. The molecular formula is C20H17N5O. The van der Waals surface area contributed by atoms with Crippen LogP contribution in [0, 0.1) is 6.92 Å². The third-order valence-corrected chi connectivity index (χ3v) is 4.27. The molecule has 0 amide bonds. The number of hydrogen-bond acceptors (Lipinski definition) is 5. The Morgan fingerprint density at radius 2 is 2.00 bits per heavy atom. The van der Waals surface area contributed by atoms with Crippen molar-refractivity contribution in [2.45, 2.75) is 13.3 Å². The fourth-order valence-corrected chi connectivity index (χ4v) is 2.89. The van der Waals surface area contributed by atoms with Gasteiger partial charge in [-0.05, 0) is 37.3 Å². The molecule has 0 saturated heterocycles. The third-order valence-electron chi connectivity index (χ3n) is 4.27. The summed E-state index contributed by atoms with van der Waals surface area (Å²) in [5.74, 6) is 0.0186. The average molecular weight is 343 g/mol. The minimum atomic E-state index is 0.0186. The molecule has 6 heteroatoms. The van der Waals surface area contributed by atoms with Crippen LogP contribution >= 0.6 is 0 Å². The highest BCUT2D eigenvalue weighted by molar-refractivity contribution is 5.97. The normalized spacial score (nSPS) is 11.0. The Bertz CT molecular complexity index is 1120. The van der Waals surface area contributed by atoms with Crippen LogP contribution in [0.4, 0.5) is 0 Å². The number of nitrogens with zero attached hydrogens (tertiary/aromatic N) is 5. The quantitative estimate of drug-likeness (QED) is 0.532. The van der Waals surface area contributed by atoms with Gasteiger partial charge in [0.25, 0.3) is 0 Å². The summed E-state index contributed by atoms with van der Waals surface area (Å²) in [5.41, 5.74) is 4.76. The number of ketones is 1. The predicted octanol–water partition coefficient (Wildman–Crippen LogP) is 3.16. The van der Waals surface area contributed by atoms with Gasteiger partial charge in [0, 0.05) is 36.1 Å². The summed E-state index contributed by atoms with van der Waals surface area (Å²) in [7, 11) is 1.93. The molecule has 0 N–H and O–H groups in total. The number of Topliss-reactive ketones (excluding diaryl/α,β-unsaturated/α-hetero) is 1. The summed E-state index contributed by atoms with van der Waals surface area (Å²) in [6.07, 6.45) is 7.17. The van der Waals surface area contributed by atoms with Crippen LogP contribution in [0.15, 0.2) is 55.2 Å². The van der Waals surface area contributed by atoms with E-state index in [0.29, 0.717) is 11.3 Å². The number of carbonyl (C=O) groups is 1. The van der Waals surface area contributed by atoms with Crippen LogP contribution in [-0.4, -0.2) is 30.3 Å². The minimum absolute atomic E-state index is 0.0186. The molecule has 4 aromatic rings. The molecule has 0 spiro atoms. The molecular weight excluding hydrogens is 326 g/mol. The van der Waals surface area contributed by atoms with Gasteiger partial charge in [0.15, 0.2) is 5.78 Å². The Hall–Kier alpha value is -3.41. The van der Waals surface area contributed by atoms with Gasteiger partial charge in [-0.2, -0.15) is 0 Å². The molecule has 0 aromatic carbocycles. The van der Waals surface area contributed by atoms with Crippen molar-refractivity contribution in [2.24, 2.45) is 7.05 Å². The highest BCUT2D eigenvalue weighted by Crippen LogP contribution is 2.20. The number of carbonyl (C=O) groups excluding carboxylic acids is 1. The molecule has 0 aliphatic rings. The fraction of sp³-hybridized carbons (Fsp3) is 0.150. The first-order valence-electron chi connectivity index (χ1n) is 8.28. The molecule has 0 aliphatic heterocycles. The van der Waals surface area contributed by atoms with Gasteiger partial charge in [-0.1, -0.05) is 0 Å². The van der Waals surface area contributed by atoms with E-state index in [-0.39, 0.29) is 12.2 Å². The summed E-state index contributed by atoms with van der Waals surface area (Å²) in [6, 6.07) is 9.33. The molecule has 0 aliphatic carbocycles. The summed E-state index contributed by atoms with van der Waals surface area (Å²) < 4.78 is 1.92. The van der Waals surface area contributed by atoms with E-state index in [1.165, 1.54) is 0 Å². The SMILES string of the molecule is Cc1cc(C(=O)Cc2cc3nc(-c4cncn4C)ccc3cn2)ccn1. The van der Waals surface area contributed by atoms with Crippen molar-refractivity contribution in [1.82, 2.24) is 24.5 Å². The number of aryl methyl sites for hydroxylation is 2. The molecule has 4 heterocycles. The number of pyridine rings is 3. The zero-order chi connectivity index (χ0) is 18.1. The average Bonchev–Trinajstić information content (AvgIpc) is 3.07. The van der Waals surface area contributed by atoms with E-state index in [0.717, 1.165) is 28.0 Å². The number of fused-ring (bicyclic) bond motifs is 1. The van der Waals surface area contributed by atoms with E-state index in [2.05, 4.69) is 15.0 Å². The number of rotatable bonds is 4. The molecule has 6 nitrogen and oxygen atoms in total. The van der Waals surface area contributed by atoms with Crippen LogP contribution in [-0.2, 0) is 13.5 Å². The lowest BCUT2D eigenvalue weighted by molar-refractivity contribution is 0.0992. The number of hydrogen-bond donors (Lipinski definition) is 0. The van der Waals surface area contributed by atoms with Crippen molar-refractivity contribution in [3.8, 4) is 11.4 Å².